The Kier molecular flexibility index (Phi) is 5.24. The van der Waals surface area contributed by atoms with Crippen LogP contribution < -0.4 is 10.0 Å². The van der Waals surface area contributed by atoms with Crippen molar-refractivity contribution in [2.45, 2.75) is 50.7 Å². The molecule has 1 N–H and O–H groups in total. The molecule has 1 fully saturated rings. The van der Waals surface area contributed by atoms with Gasteiger partial charge in [0.2, 0.25) is 10.0 Å². The predicted molar refractivity (Wildman–Crippen MR) is 104 cm³/mol. The molecule has 8 nitrogen and oxygen atoms in total. The predicted octanol–water partition coefficient (Wildman–Crippen LogP) is 2.07. The van der Waals surface area contributed by atoms with Crippen molar-refractivity contribution in [1.82, 2.24) is 9.62 Å². The molecule has 0 spiro atoms. The normalized spacial score (nSPS) is 18.4. The van der Waals surface area contributed by atoms with Gasteiger partial charge in [0.25, 0.3) is 0 Å². The maximum atomic E-state index is 13.2. The topological polar surface area (TPSA) is 103 Å². The first-order chi connectivity index (χ1) is 13.0. The number of aromatic nitrogens is 1. The van der Waals surface area contributed by atoms with Crippen molar-refractivity contribution in [2.24, 2.45) is 0 Å². The van der Waals surface area contributed by atoms with E-state index in [1.54, 1.807) is 45.9 Å². The SMILES string of the molecule is Cc1c[n+]([O-])cc2cccc(S(=O)(=O)N3CCC(NC(=O)OC(C)(C)C)C3)c12. The summed E-state index contributed by atoms with van der Waals surface area (Å²) in [7, 11) is -3.77. The van der Waals surface area contributed by atoms with Crippen molar-refractivity contribution in [2.75, 3.05) is 13.1 Å². The molecule has 28 heavy (non-hydrogen) atoms. The Bertz CT molecular complexity index is 1010. The van der Waals surface area contributed by atoms with Gasteiger partial charge in [-0.05, 0) is 46.2 Å². The molecule has 1 aromatic heterocycles. The Morgan fingerprint density at radius 2 is 2.04 bits per heavy atom. The van der Waals surface area contributed by atoms with Crippen LogP contribution >= 0.6 is 0 Å². The maximum Gasteiger partial charge on any atom is 0.407 e. The first-order valence-electron chi connectivity index (χ1n) is 9.09. The lowest BCUT2D eigenvalue weighted by Gasteiger charge is -2.22. The van der Waals surface area contributed by atoms with Gasteiger partial charge in [0.1, 0.15) is 5.60 Å². The molecule has 2 aromatic rings. The second kappa shape index (κ2) is 7.21. The van der Waals surface area contributed by atoms with Crippen LogP contribution in [0.1, 0.15) is 32.8 Å². The van der Waals surface area contributed by atoms with Gasteiger partial charge < -0.3 is 15.3 Å². The van der Waals surface area contributed by atoms with E-state index in [2.05, 4.69) is 5.32 Å². The summed E-state index contributed by atoms with van der Waals surface area (Å²) in [6.45, 7) is 7.50. The zero-order valence-electron chi connectivity index (χ0n) is 16.4. The first-order valence-corrected chi connectivity index (χ1v) is 10.5. The molecule has 1 atom stereocenters. The van der Waals surface area contributed by atoms with Crippen LogP contribution in [0.5, 0.6) is 0 Å². The summed E-state index contributed by atoms with van der Waals surface area (Å²) in [6.07, 6.45) is 2.66. The van der Waals surface area contributed by atoms with Gasteiger partial charge in [-0.2, -0.15) is 9.04 Å². The number of aryl methyl sites for hydroxylation is 1. The molecule has 1 aromatic carbocycles. The number of rotatable bonds is 3. The van der Waals surface area contributed by atoms with Gasteiger partial charge in [-0.15, -0.1) is 0 Å². The Balaban J connectivity index is 1.83. The Morgan fingerprint density at radius 3 is 2.71 bits per heavy atom. The highest BCUT2D eigenvalue weighted by atomic mass is 32.2. The molecule has 1 unspecified atom stereocenters. The van der Waals surface area contributed by atoms with Crippen LogP contribution in [0.15, 0.2) is 35.5 Å². The summed E-state index contributed by atoms with van der Waals surface area (Å²) >= 11 is 0. The number of hydrogen-bond donors (Lipinski definition) is 1. The van der Waals surface area contributed by atoms with Gasteiger partial charge in [-0.1, -0.05) is 6.07 Å². The van der Waals surface area contributed by atoms with E-state index in [-0.39, 0.29) is 17.5 Å². The fourth-order valence-corrected chi connectivity index (χ4v) is 5.19. The average molecular weight is 407 g/mol. The largest absolute Gasteiger partial charge is 0.619 e. The number of amides is 1. The van der Waals surface area contributed by atoms with E-state index in [1.165, 1.54) is 16.7 Å². The van der Waals surface area contributed by atoms with Crippen molar-refractivity contribution >= 4 is 26.9 Å². The number of hydrogen-bond acceptors (Lipinski definition) is 5. The summed E-state index contributed by atoms with van der Waals surface area (Å²) in [5.41, 5.74) is -0.0258. The zero-order valence-corrected chi connectivity index (χ0v) is 17.2. The molecule has 0 saturated carbocycles. The number of alkyl carbamates (subject to hydrolysis) is 1. The molecule has 1 saturated heterocycles. The highest BCUT2D eigenvalue weighted by Gasteiger charge is 2.35. The molecule has 1 aliphatic rings. The Labute approximate surface area is 164 Å². The highest BCUT2D eigenvalue weighted by molar-refractivity contribution is 7.89. The molecule has 9 heteroatoms. The smallest absolute Gasteiger partial charge is 0.407 e. The second-order valence-electron chi connectivity index (χ2n) is 8.02. The van der Waals surface area contributed by atoms with Crippen LogP contribution in [0.25, 0.3) is 10.8 Å². The summed E-state index contributed by atoms with van der Waals surface area (Å²) in [5, 5.41) is 15.5. The van der Waals surface area contributed by atoms with E-state index >= 15 is 0 Å². The van der Waals surface area contributed by atoms with Crippen LogP contribution in [-0.4, -0.2) is 43.5 Å². The molecule has 0 radical (unpaired) electrons. The monoisotopic (exact) mass is 407 g/mol. The van der Waals surface area contributed by atoms with E-state index in [4.69, 9.17) is 4.74 Å². The molecule has 2 heterocycles. The summed E-state index contributed by atoms with van der Waals surface area (Å²) < 4.78 is 33.8. The van der Waals surface area contributed by atoms with Gasteiger partial charge in [0.05, 0.1) is 4.90 Å². The minimum absolute atomic E-state index is 0.168. The van der Waals surface area contributed by atoms with Crippen molar-refractivity contribution in [3.05, 3.63) is 41.4 Å². The number of nitrogens with one attached hydrogen (secondary N) is 1. The molecular weight excluding hydrogens is 382 g/mol. The van der Waals surface area contributed by atoms with Gasteiger partial charge in [-0.3, -0.25) is 0 Å². The number of pyridine rings is 1. The molecule has 0 bridgehead atoms. The average Bonchev–Trinajstić information content (AvgIpc) is 3.01. The highest BCUT2D eigenvalue weighted by Crippen LogP contribution is 2.29. The first kappa shape index (κ1) is 20.3. The lowest BCUT2D eigenvalue weighted by Crippen LogP contribution is -2.41. The van der Waals surface area contributed by atoms with Crippen LogP contribution in [0.3, 0.4) is 0 Å². The van der Waals surface area contributed by atoms with E-state index < -0.39 is 21.7 Å². The van der Waals surface area contributed by atoms with Crippen LogP contribution in [0, 0.1) is 12.1 Å². The third-order valence-corrected chi connectivity index (χ3v) is 6.44. The standard InChI is InChI=1S/C19H25N3O5S/c1-13-10-21(24)11-14-6-5-7-16(17(13)14)28(25,26)22-9-8-15(12-22)20-18(23)27-19(2,3)4/h5-7,10-11,15H,8-9,12H2,1-4H3,(H,20,23). The minimum Gasteiger partial charge on any atom is -0.619 e. The summed E-state index contributed by atoms with van der Waals surface area (Å²) in [5.74, 6) is 0. The molecule has 0 aliphatic carbocycles. The second-order valence-corrected chi connectivity index (χ2v) is 9.92. The van der Waals surface area contributed by atoms with Crippen LogP contribution in [0.4, 0.5) is 4.79 Å². The Morgan fingerprint density at radius 1 is 1.32 bits per heavy atom. The third kappa shape index (κ3) is 4.20. The zero-order chi connectivity index (χ0) is 20.7. The summed E-state index contributed by atoms with van der Waals surface area (Å²) in [6, 6.07) is 4.58. The van der Waals surface area contributed by atoms with E-state index in [0.717, 1.165) is 0 Å². The fraction of sp³-hybridized carbons (Fsp3) is 0.474. The van der Waals surface area contributed by atoms with Crippen molar-refractivity contribution < 1.29 is 22.7 Å². The van der Waals surface area contributed by atoms with Gasteiger partial charge in [0.15, 0.2) is 12.4 Å². The third-order valence-electron chi connectivity index (χ3n) is 4.53. The molecule has 3 rings (SSSR count). The number of fused-ring (bicyclic) bond motifs is 1. The van der Waals surface area contributed by atoms with Crippen molar-refractivity contribution in [3.8, 4) is 0 Å². The summed E-state index contributed by atoms with van der Waals surface area (Å²) in [4.78, 5) is 12.1. The number of carbonyl (C=O) groups excluding carboxylic acids is 1. The number of sulfonamides is 1. The van der Waals surface area contributed by atoms with E-state index in [9.17, 15) is 18.4 Å². The van der Waals surface area contributed by atoms with Gasteiger partial charge in [0, 0.05) is 35.5 Å². The van der Waals surface area contributed by atoms with Gasteiger partial charge in [-0.25, -0.2) is 13.2 Å². The lowest BCUT2D eigenvalue weighted by molar-refractivity contribution is -0.604. The van der Waals surface area contributed by atoms with Crippen LogP contribution in [0.2, 0.25) is 0 Å². The Hall–Kier alpha value is -2.39. The molecule has 1 aliphatic heterocycles. The van der Waals surface area contributed by atoms with Crippen molar-refractivity contribution in [3.63, 3.8) is 0 Å². The molecule has 152 valence electrons. The van der Waals surface area contributed by atoms with Gasteiger partial charge >= 0.3 is 6.09 Å². The quantitative estimate of drug-likeness (QED) is 0.620. The fourth-order valence-electron chi connectivity index (χ4n) is 3.40. The number of carbonyl (C=O) groups is 1. The number of nitrogens with zero attached hydrogens (tertiary/aromatic N) is 2. The molecular formula is C19H25N3O5S. The number of ether oxygens (including phenoxy) is 1. The molecule has 1 amide bonds. The van der Waals surface area contributed by atoms with Crippen molar-refractivity contribution in [1.29, 1.82) is 0 Å². The number of benzene rings is 1. The minimum atomic E-state index is -3.77. The maximum absolute atomic E-state index is 13.2. The lowest BCUT2D eigenvalue weighted by atomic mass is 10.1. The van der Waals surface area contributed by atoms with E-state index in [1.807, 2.05) is 0 Å². The van der Waals surface area contributed by atoms with Crippen LogP contribution in [-0.2, 0) is 14.8 Å². The van der Waals surface area contributed by atoms with E-state index in [0.29, 0.717) is 34.0 Å².